The zero-order valence-corrected chi connectivity index (χ0v) is 19.5. The van der Waals surface area contributed by atoms with E-state index in [9.17, 15) is 4.79 Å². The van der Waals surface area contributed by atoms with Gasteiger partial charge in [-0.2, -0.15) is 10.1 Å². The minimum Gasteiger partial charge on any atom is -0.349 e. The first-order valence-electron chi connectivity index (χ1n) is 10.3. The van der Waals surface area contributed by atoms with Crippen LogP contribution in [0.25, 0.3) is 16.0 Å². The van der Waals surface area contributed by atoms with Crippen molar-refractivity contribution in [1.82, 2.24) is 20.1 Å². The van der Waals surface area contributed by atoms with Crippen LogP contribution >= 0.6 is 27.3 Å². The molecule has 1 amide bonds. The van der Waals surface area contributed by atoms with Gasteiger partial charge in [0.05, 0.1) is 16.1 Å². The molecule has 2 aromatic carbocycles. The van der Waals surface area contributed by atoms with Crippen molar-refractivity contribution in [2.45, 2.75) is 25.8 Å². The second-order valence-electron chi connectivity index (χ2n) is 7.73. The van der Waals surface area contributed by atoms with Crippen molar-refractivity contribution in [1.29, 1.82) is 0 Å². The van der Waals surface area contributed by atoms with E-state index in [0.717, 1.165) is 57.3 Å². The maximum Gasteiger partial charge on any atom is 0.251 e. The quantitative estimate of drug-likeness (QED) is 0.434. The van der Waals surface area contributed by atoms with E-state index < -0.39 is 0 Å². The Morgan fingerprint density at radius 2 is 1.90 bits per heavy atom. The van der Waals surface area contributed by atoms with Crippen molar-refractivity contribution in [2.75, 3.05) is 18.0 Å². The molecule has 31 heavy (non-hydrogen) atoms. The number of thiazole rings is 1. The Morgan fingerprint density at radius 3 is 2.65 bits per heavy atom. The minimum atomic E-state index is -0.0154. The van der Waals surface area contributed by atoms with Crippen molar-refractivity contribution in [3.05, 3.63) is 70.3 Å². The molecule has 0 saturated carbocycles. The van der Waals surface area contributed by atoms with E-state index in [0.29, 0.717) is 5.56 Å². The predicted octanol–water partition coefficient (Wildman–Crippen LogP) is 4.95. The van der Waals surface area contributed by atoms with Gasteiger partial charge in [0.25, 0.3) is 5.91 Å². The van der Waals surface area contributed by atoms with E-state index in [-0.39, 0.29) is 11.9 Å². The average Bonchev–Trinajstić information content (AvgIpc) is 3.35. The molecule has 1 saturated heterocycles. The number of halogens is 1. The van der Waals surface area contributed by atoms with Gasteiger partial charge in [-0.1, -0.05) is 51.5 Å². The Bertz CT molecular complexity index is 1230. The summed E-state index contributed by atoms with van der Waals surface area (Å²) < 4.78 is 3.97. The van der Waals surface area contributed by atoms with Crippen molar-refractivity contribution in [3.63, 3.8) is 0 Å². The molecule has 1 N–H and O–H groups in total. The number of carbonyl (C=O) groups is 1. The van der Waals surface area contributed by atoms with Gasteiger partial charge in [-0.3, -0.25) is 4.79 Å². The van der Waals surface area contributed by atoms with Gasteiger partial charge < -0.3 is 10.2 Å². The number of anilines is 1. The Labute approximate surface area is 193 Å². The second-order valence-corrected chi connectivity index (χ2v) is 9.62. The third-order valence-corrected chi connectivity index (χ3v) is 7.27. The van der Waals surface area contributed by atoms with Crippen molar-refractivity contribution in [3.8, 4) is 5.69 Å². The maximum atomic E-state index is 12.5. The lowest BCUT2D eigenvalue weighted by Crippen LogP contribution is -2.44. The summed E-state index contributed by atoms with van der Waals surface area (Å²) in [7, 11) is 0. The molecule has 0 spiro atoms. The molecule has 1 fully saturated rings. The van der Waals surface area contributed by atoms with Crippen LogP contribution in [0, 0.1) is 6.92 Å². The molecule has 1 aliphatic rings. The number of para-hydroxylation sites is 1. The van der Waals surface area contributed by atoms with Gasteiger partial charge in [-0.15, -0.1) is 0 Å². The summed E-state index contributed by atoms with van der Waals surface area (Å²) in [4.78, 5) is 19.8. The summed E-state index contributed by atoms with van der Waals surface area (Å²) in [6.45, 7) is 3.78. The van der Waals surface area contributed by atoms with Gasteiger partial charge in [0.2, 0.25) is 0 Å². The first-order chi connectivity index (χ1) is 15.1. The van der Waals surface area contributed by atoms with Crippen LogP contribution in [0.5, 0.6) is 0 Å². The van der Waals surface area contributed by atoms with Gasteiger partial charge in [0.1, 0.15) is 0 Å². The van der Waals surface area contributed by atoms with Crippen molar-refractivity contribution >= 4 is 48.7 Å². The molecule has 2 aromatic heterocycles. The number of fused-ring (bicyclic) bond motifs is 1. The second kappa shape index (κ2) is 8.43. The van der Waals surface area contributed by atoms with E-state index in [1.165, 1.54) is 0 Å². The molecule has 0 radical (unpaired) electrons. The van der Waals surface area contributed by atoms with Gasteiger partial charge in [-0.25, -0.2) is 4.68 Å². The molecule has 1 aliphatic heterocycles. The number of carbonyl (C=O) groups excluding carboxylic acids is 1. The number of hydrogen-bond donors (Lipinski definition) is 1. The fourth-order valence-electron chi connectivity index (χ4n) is 3.92. The molecular weight excluding hydrogens is 474 g/mol. The number of hydrogen-bond acceptors (Lipinski definition) is 5. The number of amides is 1. The highest BCUT2D eigenvalue weighted by Gasteiger charge is 2.25. The Morgan fingerprint density at radius 1 is 1.13 bits per heavy atom. The molecule has 0 aliphatic carbocycles. The van der Waals surface area contributed by atoms with Crippen LogP contribution in [-0.2, 0) is 0 Å². The van der Waals surface area contributed by atoms with Crippen LogP contribution < -0.4 is 10.2 Å². The zero-order chi connectivity index (χ0) is 21.4. The lowest BCUT2D eigenvalue weighted by atomic mass is 10.0. The number of nitrogens with one attached hydrogen (secondary N) is 1. The third-order valence-electron chi connectivity index (χ3n) is 5.57. The van der Waals surface area contributed by atoms with E-state index >= 15 is 0 Å². The third kappa shape index (κ3) is 4.09. The average molecular weight is 496 g/mol. The Balaban J connectivity index is 1.28. The number of piperidine rings is 1. The Kier molecular flexibility index (Phi) is 5.50. The van der Waals surface area contributed by atoms with Crippen LogP contribution in [0.4, 0.5) is 5.13 Å². The summed E-state index contributed by atoms with van der Waals surface area (Å²) in [5, 5.41) is 8.88. The highest BCUT2D eigenvalue weighted by Crippen LogP contribution is 2.33. The van der Waals surface area contributed by atoms with Gasteiger partial charge in [0, 0.05) is 29.2 Å². The summed E-state index contributed by atoms with van der Waals surface area (Å²) in [6.07, 6.45) is 1.80. The van der Waals surface area contributed by atoms with E-state index in [4.69, 9.17) is 4.98 Å². The molecule has 0 unspecified atom stereocenters. The molecule has 5 rings (SSSR count). The highest BCUT2D eigenvalue weighted by molar-refractivity contribution is 9.10. The standard InChI is InChI=1S/C23H22BrN5OS/c1-15-20-21(29(27-15)19-8-3-2-4-9-19)26-23(31-20)28-12-10-18(11-13-28)25-22(30)16-6-5-7-17(24)14-16/h2-9,14,18H,10-13H2,1H3,(H,25,30). The molecule has 8 heteroatoms. The summed E-state index contributed by atoms with van der Waals surface area (Å²) in [6, 6.07) is 17.8. The first-order valence-corrected chi connectivity index (χ1v) is 11.9. The van der Waals surface area contributed by atoms with Crippen molar-refractivity contribution in [2.24, 2.45) is 0 Å². The molecule has 0 bridgehead atoms. The SMILES string of the molecule is Cc1nn(-c2ccccc2)c2nc(N3CCC(NC(=O)c4cccc(Br)c4)CC3)sc12. The molecule has 158 valence electrons. The molecule has 3 heterocycles. The maximum absolute atomic E-state index is 12.5. The minimum absolute atomic E-state index is 0.0154. The molecule has 6 nitrogen and oxygen atoms in total. The molecule has 4 aromatic rings. The summed E-state index contributed by atoms with van der Waals surface area (Å²) in [5.74, 6) is -0.0154. The topological polar surface area (TPSA) is 63.1 Å². The number of benzene rings is 2. The summed E-state index contributed by atoms with van der Waals surface area (Å²) in [5.41, 5.74) is 3.61. The van der Waals surface area contributed by atoms with Gasteiger partial charge in [-0.05, 0) is 50.1 Å². The Hall–Kier alpha value is -2.71. The van der Waals surface area contributed by atoms with Crippen LogP contribution in [0.1, 0.15) is 28.9 Å². The van der Waals surface area contributed by atoms with Gasteiger partial charge in [0.15, 0.2) is 10.8 Å². The van der Waals surface area contributed by atoms with Crippen LogP contribution in [0.3, 0.4) is 0 Å². The predicted molar refractivity (Wildman–Crippen MR) is 128 cm³/mol. The van der Waals surface area contributed by atoms with Gasteiger partial charge >= 0.3 is 0 Å². The summed E-state index contributed by atoms with van der Waals surface area (Å²) >= 11 is 5.13. The molecular formula is C23H22BrN5OS. The fraction of sp³-hybridized carbons (Fsp3) is 0.261. The lowest BCUT2D eigenvalue weighted by molar-refractivity contribution is 0.0931. The number of rotatable bonds is 4. The van der Waals surface area contributed by atoms with E-state index in [1.54, 1.807) is 11.3 Å². The highest BCUT2D eigenvalue weighted by atomic mass is 79.9. The van der Waals surface area contributed by atoms with E-state index in [2.05, 4.69) is 31.2 Å². The lowest BCUT2D eigenvalue weighted by Gasteiger charge is -2.32. The zero-order valence-electron chi connectivity index (χ0n) is 17.1. The molecule has 0 atom stereocenters. The number of nitrogens with zero attached hydrogens (tertiary/aromatic N) is 4. The number of aryl methyl sites for hydroxylation is 1. The van der Waals surface area contributed by atoms with Crippen molar-refractivity contribution < 1.29 is 4.79 Å². The normalized spacial score (nSPS) is 14.8. The first kappa shape index (κ1) is 20.2. The fourth-order valence-corrected chi connectivity index (χ4v) is 5.36. The monoisotopic (exact) mass is 495 g/mol. The van der Waals surface area contributed by atoms with Crippen LogP contribution in [0.15, 0.2) is 59.1 Å². The van der Waals surface area contributed by atoms with E-state index in [1.807, 2.05) is 66.2 Å². The van der Waals surface area contributed by atoms with Crippen LogP contribution in [0.2, 0.25) is 0 Å². The number of aromatic nitrogens is 3. The van der Waals surface area contributed by atoms with Crippen LogP contribution in [-0.4, -0.2) is 39.8 Å². The largest absolute Gasteiger partial charge is 0.349 e. The smallest absolute Gasteiger partial charge is 0.251 e.